The van der Waals surface area contributed by atoms with Crippen LogP contribution in [0.2, 0.25) is 0 Å². The van der Waals surface area contributed by atoms with Gasteiger partial charge in [0.2, 0.25) is 0 Å². The topological polar surface area (TPSA) is 68.5 Å². The Hall–Kier alpha value is -3.08. The summed E-state index contributed by atoms with van der Waals surface area (Å²) >= 11 is 0. The van der Waals surface area contributed by atoms with Crippen LogP contribution in [0.15, 0.2) is 53.1 Å². The average molecular weight is 379 g/mol. The third-order valence-electron chi connectivity index (χ3n) is 4.94. The van der Waals surface area contributed by atoms with Gasteiger partial charge in [-0.2, -0.15) is 0 Å². The van der Waals surface area contributed by atoms with E-state index in [-0.39, 0.29) is 24.9 Å². The number of ether oxygens (including phenoxy) is 1. The lowest BCUT2D eigenvalue weighted by atomic mass is 10.0. The first-order chi connectivity index (χ1) is 13.4. The summed E-state index contributed by atoms with van der Waals surface area (Å²) in [6, 6.07) is 13.9. The van der Waals surface area contributed by atoms with Crippen LogP contribution in [-0.4, -0.2) is 25.0 Å². The molecule has 28 heavy (non-hydrogen) atoms. The Morgan fingerprint density at radius 1 is 1.11 bits per heavy atom. The second kappa shape index (κ2) is 8.74. The number of esters is 1. The molecule has 0 aliphatic rings. The van der Waals surface area contributed by atoms with Crippen LogP contribution in [0.4, 0.5) is 0 Å². The summed E-state index contributed by atoms with van der Waals surface area (Å²) in [6.45, 7) is 6.28. The fourth-order valence-corrected chi connectivity index (χ4v) is 3.04. The van der Waals surface area contributed by atoms with E-state index in [0.717, 1.165) is 33.2 Å². The summed E-state index contributed by atoms with van der Waals surface area (Å²) in [4.78, 5) is 24.1. The molecule has 0 spiro atoms. The van der Waals surface area contributed by atoms with Gasteiger partial charge in [-0.3, -0.25) is 9.59 Å². The molecule has 0 saturated carbocycles. The Balaban J connectivity index is 1.48. The standard InChI is InChI=1S/C23H25NO4/c1-15-9-20-19(13-27-21(20)10-16(15)2)11-23(26)28-14-22(25)24-12-17(3)18-7-5-4-6-8-18/h4-10,13,17H,11-12,14H2,1-3H3,(H,24,25)/t17-/m0/s1. The van der Waals surface area contributed by atoms with E-state index in [1.165, 1.54) is 0 Å². The van der Waals surface area contributed by atoms with Crippen LogP contribution in [0.25, 0.3) is 11.0 Å². The van der Waals surface area contributed by atoms with Crippen LogP contribution in [0.1, 0.15) is 35.1 Å². The van der Waals surface area contributed by atoms with E-state index in [0.29, 0.717) is 6.54 Å². The third-order valence-corrected chi connectivity index (χ3v) is 4.94. The van der Waals surface area contributed by atoms with Gasteiger partial charge in [0, 0.05) is 17.5 Å². The van der Waals surface area contributed by atoms with Crippen molar-refractivity contribution in [2.75, 3.05) is 13.2 Å². The molecule has 0 aliphatic carbocycles. The van der Waals surface area contributed by atoms with Crippen molar-refractivity contribution in [3.63, 3.8) is 0 Å². The van der Waals surface area contributed by atoms with Gasteiger partial charge in [-0.1, -0.05) is 37.3 Å². The molecule has 5 heteroatoms. The number of fused-ring (bicyclic) bond motifs is 1. The third kappa shape index (κ3) is 4.80. The molecule has 5 nitrogen and oxygen atoms in total. The SMILES string of the molecule is Cc1cc2occ(CC(=O)OCC(=O)NC[C@H](C)c3ccccc3)c2cc1C. The van der Waals surface area contributed by atoms with Crippen LogP contribution < -0.4 is 5.32 Å². The fourth-order valence-electron chi connectivity index (χ4n) is 3.04. The largest absolute Gasteiger partial charge is 0.464 e. The number of hydrogen-bond donors (Lipinski definition) is 1. The van der Waals surface area contributed by atoms with E-state index in [1.807, 2.05) is 63.2 Å². The van der Waals surface area contributed by atoms with Gasteiger partial charge < -0.3 is 14.5 Å². The Morgan fingerprint density at radius 2 is 1.82 bits per heavy atom. The molecule has 0 bridgehead atoms. The molecule has 1 aromatic heterocycles. The highest BCUT2D eigenvalue weighted by molar-refractivity contribution is 5.87. The summed E-state index contributed by atoms with van der Waals surface area (Å²) in [5.74, 6) is -0.573. The lowest BCUT2D eigenvalue weighted by Crippen LogP contribution is -2.31. The zero-order chi connectivity index (χ0) is 20.1. The highest BCUT2D eigenvalue weighted by atomic mass is 16.5. The zero-order valence-electron chi connectivity index (χ0n) is 16.5. The van der Waals surface area contributed by atoms with Crippen molar-refractivity contribution in [1.82, 2.24) is 5.32 Å². The van der Waals surface area contributed by atoms with E-state index >= 15 is 0 Å². The Bertz CT molecular complexity index is 975. The Morgan fingerprint density at radius 3 is 2.57 bits per heavy atom. The Kier molecular flexibility index (Phi) is 6.14. The van der Waals surface area contributed by atoms with Crippen molar-refractivity contribution in [3.05, 3.63) is 71.0 Å². The quantitative estimate of drug-likeness (QED) is 0.629. The number of rotatable bonds is 7. The van der Waals surface area contributed by atoms with Crippen LogP contribution in [-0.2, 0) is 20.7 Å². The van der Waals surface area contributed by atoms with E-state index in [2.05, 4.69) is 5.32 Å². The number of carbonyl (C=O) groups excluding carboxylic acids is 2. The van der Waals surface area contributed by atoms with E-state index in [4.69, 9.17) is 9.15 Å². The van der Waals surface area contributed by atoms with Crippen LogP contribution in [0, 0.1) is 13.8 Å². The molecule has 1 heterocycles. The van der Waals surface area contributed by atoms with Gasteiger partial charge in [-0.05, 0) is 48.6 Å². The number of benzene rings is 2. The van der Waals surface area contributed by atoms with Crippen molar-refractivity contribution >= 4 is 22.8 Å². The van der Waals surface area contributed by atoms with Crippen molar-refractivity contribution in [2.45, 2.75) is 33.1 Å². The summed E-state index contributed by atoms with van der Waals surface area (Å²) in [7, 11) is 0. The molecule has 3 rings (SSSR count). The number of hydrogen-bond acceptors (Lipinski definition) is 4. The van der Waals surface area contributed by atoms with Crippen LogP contribution in [0.3, 0.4) is 0 Å². The van der Waals surface area contributed by atoms with Crippen molar-refractivity contribution < 1.29 is 18.7 Å². The predicted octanol–water partition coefficient (Wildman–Crippen LogP) is 4.06. The predicted molar refractivity (Wildman–Crippen MR) is 108 cm³/mol. The number of aryl methyl sites for hydroxylation is 2. The summed E-state index contributed by atoms with van der Waals surface area (Å²) < 4.78 is 10.7. The van der Waals surface area contributed by atoms with Gasteiger partial charge in [0.1, 0.15) is 5.58 Å². The van der Waals surface area contributed by atoms with Gasteiger partial charge in [-0.25, -0.2) is 0 Å². The average Bonchev–Trinajstić information content (AvgIpc) is 3.07. The lowest BCUT2D eigenvalue weighted by Gasteiger charge is -2.13. The highest BCUT2D eigenvalue weighted by Gasteiger charge is 2.14. The first kappa shape index (κ1) is 19.7. The second-order valence-corrected chi connectivity index (χ2v) is 7.15. The van der Waals surface area contributed by atoms with E-state index in [1.54, 1.807) is 6.26 Å². The van der Waals surface area contributed by atoms with Crippen LogP contribution in [0.5, 0.6) is 0 Å². The van der Waals surface area contributed by atoms with Crippen molar-refractivity contribution in [3.8, 4) is 0 Å². The first-order valence-corrected chi connectivity index (χ1v) is 9.38. The molecule has 0 unspecified atom stereocenters. The minimum absolute atomic E-state index is 0.0726. The maximum Gasteiger partial charge on any atom is 0.310 e. The van der Waals surface area contributed by atoms with Gasteiger partial charge in [0.25, 0.3) is 5.91 Å². The maximum atomic E-state index is 12.1. The Labute approximate surface area is 164 Å². The number of furan rings is 1. The smallest absolute Gasteiger partial charge is 0.310 e. The monoisotopic (exact) mass is 379 g/mol. The molecule has 0 aliphatic heterocycles. The van der Waals surface area contributed by atoms with Gasteiger partial charge in [-0.15, -0.1) is 0 Å². The van der Waals surface area contributed by atoms with Gasteiger partial charge in [0.05, 0.1) is 12.7 Å². The number of nitrogens with one attached hydrogen (secondary N) is 1. The molecule has 146 valence electrons. The zero-order valence-corrected chi connectivity index (χ0v) is 16.5. The molecule has 2 aromatic carbocycles. The van der Waals surface area contributed by atoms with Crippen LogP contribution >= 0.6 is 0 Å². The lowest BCUT2D eigenvalue weighted by molar-refractivity contribution is -0.147. The molecule has 0 fully saturated rings. The normalized spacial score (nSPS) is 12.0. The second-order valence-electron chi connectivity index (χ2n) is 7.15. The molecular formula is C23H25NO4. The van der Waals surface area contributed by atoms with E-state index < -0.39 is 5.97 Å². The fraction of sp³-hybridized carbons (Fsp3) is 0.304. The van der Waals surface area contributed by atoms with E-state index in [9.17, 15) is 9.59 Å². The minimum atomic E-state index is -0.452. The molecular weight excluding hydrogens is 354 g/mol. The number of amides is 1. The van der Waals surface area contributed by atoms with Crippen molar-refractivity contribution in [2.24, 2.45) is 0 Å². The highest BCUT2D eigenvalue weighted by Crippen LogP contribution is 2.25. The van der Waals surface area contributed by atoms with Gasteiger partial charge in [0.15, 0.2) is 6.61 Å². The van der Waals surface area contributed by atoms with Gasteiger partial charge >= 0.3 is 5.97 Å². The maximum absolute atomic E-state index is 12.1. The van der Waals surface area contributed by atoms with Crippen molar-refractivity contribution in [1.29, 1.82) is 0 Å². The summed E-state index contributed by atoms with van der Waals surface area (Å²) in [6.07, 6.45) is 1.65. The molecule has 3 aromatic rings. The summed E-state index contributed by atoms with van der Waals surface area (Å²) in [5, 5.41) is 3.71. The molecule has 1 atom stereocenters. The number of carbonyl (C=O) groups is 2. The minimum Gasteiger partial charge on any atom is -0.464 e. The summed E-state index contributed by atoms with van der Waals surface area (Å²) in [5.41, 5.74) is 4.93. The molecule has 1 amide bonds. The first-order valence-electron chi connectivity index (χ1n) is 9.38. The molecule has 0 saturated heterocycles. The molecule has 0 radical (unpaired) electrons. The molecule has 1 N–H and O–H groups in total.